The molecule has 0 saturated carbocycles. The van der Waals surface area contributed by atoms with Gasteiger partial charge in [-0.15, -0.1) is 0 Å². The summed E-state index contributed by atoms with van der Waals surface area (Å²) in [5.74, 6) is 2.28. The van der Waals surface area contributed by atoms with E-state index in [0.29, 0.717) is 13.2 Å². The van der Waals surface area contributed by atoms with Gasteiger partial charge in [0.1, 0.15) is 19.5 Å². The maximum Gasteiger partial charge on any atom is 0.185 e. The summed E-state index contributed by atoms with van der Waals surface area (Å²) < 4.78 is 12.8. The molecule has 1 aromatic heterocycles. The second-order valence-corrected chi connectivity index (χ2v) is 5.47. The number of ether oxygens (including phenoxy) is 2. The average Bonchev–Trinajstić information content (AvgIpc) is 2.89. The number of nitrogens with two attached hydrogens (primary N) is 1. The molecule has 0 spiro atoms. The minimum Gasteiger partial charge on any atom is -0.486 e. The van der Waals surface area contributed by atoms with E-state index >= 15 is 0 Å². The normalized spacial score (nSPS) is 15.1. The number of hydrogen-bond donors (Lipinski definition) is 1. The zero-order valence-corrected chi connectivity index (χ0v) is 12.0. The van der Waals surface area contributed by atoms with E-state index in [1.54, 1.807) is 16.4 Å². The third-order valence-electron chi connectivity index (χ3n) is 3.06. The van der Waals surface area contributed by atoms with Crippen LogP contribution in [0.5, 0.6) is 11.5 Å². The predicted octanol–water partition coefficient (Wildman–Crippen LogP) is 1.38. The fourth-order valence-corrected chi connectivity index (χ4v) is 2.84. The summed E-state index contributed by atoms with van der Waals surface area (Å²) in [7, 11) is 1.87. The van der Waals surface area contributed by atoms with Crippen molar-refractivity contribution in [3.05, 3.63) is 30.1 Å². The number of rotatable bonds is 4. The van der Waals surface area contributed by atoms with Crippen molar-refractivity contribution in [1.82, 2.24) is 14.8 Å². The van der Waals surface area contributed by atoms with Gasteiger partial charge in [0.15, 0.2) is 16.7 Å². The summed E-state index contributed by atoms with van der Waals surface area (Å²) in [6.45, 7) is 1.18. The summed E-state index contributed by atoms with van der Waals surface area (Å²) in [6.07, 6.45) is 1.54. The van der Waals surface area contributed by atoms with E-state index in [9.17, 15) is 0 Å². The zero-order valence-electron chi connectivity index (χ0n) is 11.2. The van der Waals surface area contributed by atoms with Gasteiger partial charge in [0.2, 0.25) is 0 Å². The van der Waals surface area contributed by atoms with Crippen LogP contribution in [0.25, 0.3) is 0 Å². The highest BCUT2D eigenvalue weighted by atomic mass is 32.2. The van der Waals surface area contributed by atoms with E-state index in [0.717, 1.165) is 28.0 Å². The molecule has 0 saturated heterocycles. The van der Waals surface area contributed by atoms with Crippen molar-refractivity contribution >= 4 is 11.8 Å². The highest BCUT2D eigenvalue weighted by molar-refractivity contribution is 7.99. The first-order chi connectivity index (χ1) is 9.74. The van der Waals surface area contributed by atoms with Gasteiger partial charge in [0.25, 0.3) is 0 Å². The molecule has 1 aliphatic heterocycles. The fraction of sp³-hybridized carbons (Fsp3) is 0.385. The van der Waals surface area contributed by atoms with Crippen LogP contribution in [-0.2, 0) is 7.05 Å². The molecule has 0 amide bonds. The van der Waals surface area contributed by atoms with Gasteiger partial charge in [0, 0.05) is 18.8 Å². The monoisotopic (exact) mass is 292 g/mol. The van der Waals surface area contributed by atoms with Crippen molar-refractivity contribution < 1.29 is 9.47 Å². The first kappa shape index (κ1) is 13.3. The molecule has 2 N–H and O–H groups in total. The lowest BCUT2D eigenvalue weighted by Crippen LogP contribution is -2.17. The van der Waals surface area contributed by atoms with E-state index in [-0.39, 0.29) is 6.04 Å². The van der Waals surface area contributed by atoms with Gasteiger partial charge in [-0.2, -0.15) is 5.10 Å². The third-order valence-corrected chi connectivity index (χ3v) is 4.21. The largest absolute Gasteiger partial charge is 0.486 e. The number of benzene rings is 1. The summed E-state index contributed by atoms with van der Waals surface area (Å²) in [5.41, 5.74) is 7.25. The van der Waals surface area contributed by atoms with Crippen LogP contribution >= 0.6 is 11.8 Å². The number of aryl methyl sites for hydroxylation is 1. The molecule has 20 heavy (non-hydrogen) atoms. The Bertz CT molecular complexity index is 602. The topological polar surface area (TPSA) is 75.2 Å². The lowest BCUT2D eigenvalue weighted by molar-refractivity contribution is 0.171. The Labute approximate surface area is 121 Å². The second-order valence-electron chi connectivity index (χ2n) is 4.49. The SMILES string of the molecule is Cn1ncnc1SCC(N)c1ccc2c(c1)OCCO2. The number of thioether (sulfide) groups is 1. The zero-order chi connectivity index (χ0) is 13.9. The Hall–Kier alpha value is -1.73. The minimum absolute atomic E-state index is 0.0903. The van der Waals surface area contributed by atoms with Gasteiger partial charge in [-0.05, 0) is 17.7 Å². The molecule has 1 unspecified atom stereocenters. The van der Waals surface area contributed by atoms with Crippen molar-refractivity contribution in [1.29, 1.82) is 0 Å². The van der Waals surface area contributed by atoms with Crippen molar-refractivity contribution in [2.75, 3.05) is 19.0 Å². The van der Waals surface area contributed by atoms with Crippen LogP contribution < -0.4 is 15.2 Å². The Morgan fingerprint density at radius 2 is 2.15 bits per heavy atom. The van der Waals surface area contributed by atoms with E-state index in [4.69, 9.17) is 15.2 Å². The average molecular weight is 292 g/mol. The lowest BCUT2D eigenvalue weighted by Gasteiger charge is -2.20. The quantitative estimate of drug-likeness (QED) is 0.858. The van der Waals surface area contributed by atoms with Gasteiger partial charge < -0.3 is 15.2 Å². The lowest BCUT2D eigenvalue weighted by atomic mass is 10.1. The molecule has 2 heterocycles. The third kappa shape index (κ3) is 2.73. The molecule has 1 aliphatic rings. The number of hydrogen-bond acceptors (Lipinski definition) is 6. The van der Waals surface area contributed by atoms with Gasteiger partial charge >= 0.3 is 0 Å². The Kier molecular flexibility index (Phi) is 3.79. The van der Waals surface area contributed by atoms with Gasteiger partial charge in [-0.1, -0.05) is 17.8 Å². The van der Waals surface area contributed by atoms with Crippen LogP contribution in [0, 0.1) is 0 Å². The molecule has 0 aliphatic carbocycles. The molecule has 0 bridgehead atoms. The van der Waals surface area contributed by atoms with Crippen molar-refractivity contribution in [3.8, 4) is 11.5 Å². The van der Waals surface area contributed by atoms with Crippen molar-refractivity contribution in [2.45, 2.75) is 11.2 Å². The minimum atomic E-state index is -0.0903. The molecule has 1 atom stereocenters. The number of fused-ring (bicyclic) bond motifs is 1. The van der Waals surface area contributed by atoms with Crippen LogP contribution in [0.3, 0.4) is 0 Å². The molecule has 106 valence electrons. The standard InChI is InChI=1S/C13H16N4O2S/c1-17-13(15-8-16-17)20-7-10(14)9-2-3-11-12(6-9)19-5-4-18-11/h2-3,6,8,10H,4-5,7,14H2,1H3. The molecule has 0 radical (unpaired) electrons. The first-order valence-corrected chi connectivity index (χ1v) is 7.34. The Balaban J connectivity index is 1.67. The maximum absolute atomic E-state index is 6.22. The number of aromatic nitrogens is 3. The van der Waals surface area contributed by atoms with Gasteiger partial charge in [-0.3, -0.25) is 0 Å². The molecule has 7 heteroatoms. The molecular weight excluding hydrogens is 276 g/mol. The van der Waals surface area contributed by atoms with Crippen LogP contribution in [0.2, 0.25) is 0 Å². The Morgan fingerprint density at radius 1 is 1.35 bits per heavy atom. The fourth-order valence-electron chi connectivity index (χ4n) is 1.97. The Morgan fingerprint density at radius 3 is 2.90 bits per heavy atom. The summed E-state index contributed by atoms with van der Waals surface area (Å²) in [5, 5.41) is 4.89. The van der Waals surface area contributed by atoms with Crippen LogP contribution in [-0.4, -0.2) is 33.7 Å². The number of nitrogens with zero attached hydrogens (tertiary/aromatic N) is 3. The summed E-state index contributed by atoms with van der Waals surface area (Å²) in [6, 6.07) is 5.76. The van der Waals surface area contributed by atoms with Crippen LogP contribution in [0.15, 0.2) is 29.7 Å². The van der Waals surface area contributed by atoms with Gasteiger partial charge in [-0.25, -0.2) is 9.67 Å². The van der Waals surface area contributed by atoms with Crippen molar-refractivity contribution in [3.63, 3.8) is 0 Å². The molecule has 2 aromatic rings. The van der Waals surface area contributed by atoms with E-state index in [2.05, 4.69) is 10.1 Å². The van der Waals surface area contributed by atoms with Gasteiger partial charge in [0.05, 0.1) is 0 Å². The second kappa shape index (κ2) is 5.72. The highest BCUT2D eigenvalue weighted by Gasteiger charge is 2.15. The summed E-state index contributed by atoms with van der Waals surface area (Å²) in [4.78, 5) is 4.17. The highest BCUT2D eigenvalue weighted by Crippen LogP contribution is 2.33. The van der Waals surface area contributed by atoms with Crippen LogP contribution in [0.4, 0.5) is 0 Å². The molecule has 1 aromatic carbocycles. The van der Waals surface area contributed by atoms with E-state index in [1.165, 1.54) is 6.33 Å². The molecule has 3 rings (SSSR count). The maximum atomic E-state index is 6.22. The molecule has 6 nitrogen and oxygen atoms in total. The molecular formula is C13H16N4O2S. The predicted molar refractivity (Wildman–Crippen MR) is 76.1 cm³/mol. The van der Waals surface area contributed by atoms with E-state index < -0.39 is 0 Å². The smallest absolute Gasteiger partial charge is 0.185 e. The summed E-state index contributed by atoms with van der Waals surface area (Å²) >= 11 is 1.59. The molecule has 0 fully saturated rings. The van der Waals surface area contributed by atoms with Crippen molar-refractivity contribution in [2.24, 2.45) is 12.8 Å². The first-order valence-electron chi connectivity index (χ1n) is 6.36. The van der Waals surface area contributed by atoms with Crippen LogP contribution in [0.1, 0.15) is 11.6 Å². The van der Waals surface area contributed by atoms with E-state index in [1.807, 2.05) is 25.2 Å².